The first-order valence-electron chi connectivity index (χ1n) is 10.7. The number of hydrogen-bond acceptors (Lipinski definition) is 4. The van der Waals surface area contributed by atoms with E-state index in [0.717, 1.165) is 32.8 Å². The number of fused-ring (bicyclic) bond motifs is 2. The van der Waals surface area contributed by atoms with E-state index in [9.17, 15) is 13.2 Å². The molecule has 0 aliphatic rings. The standard InChI is InChI=1S/C27H22N2O4S/c1-33-26-13-10-18(14-21-17-28-25-9-5-4-8-23(21)25)15-24(26)27(30)29-34(31,32)22-12-11-19-6-2-3-7-20(19)16-22/h2-13,15-17,28H,14H2,1H3,(H,29,30). The van der Waals surface area contributed by atoms with Crippen LogP contribution in [0.3, 0.4) is 0 Å². The normalized spacial score (nSPS) is 11.6. The third-order valence-electron chi connectivity index (χ3n) is 5.84. The number of aromatic amines is 1. The minimum absolute atomic E-state index is 0.0217. The average molecular weight is 471 g/mol. The molecule has 0 fully saturated rings. The van der Waals surface area contributed by atoms with Crippen molar-refractivity contribution in [1.82, 2.24) is 9.71 Å². The summed E-state index contributed by atoms with van der Waals surface area (Å²) in [6, 6.07) is 25.4. The van der Waals surface area contributed by atoms with Gasteiger partial charge < -0.3 is 9.72 Å². The topological polar surface area (TPSA) is 88.3 Å². The van der Waals surface area contributed by atoms with Crippen molar-refractivity contribution >= 4 is 37.6 Å². The molecule has 0 saturated carbocycles. The highest BCUT2D eigenvalue weighted by Crippen LogP contribution is 2.26. The summed E-state index contributed by atoms with van der Waals surface area (Å²) in [5, 5.41) is 2.79. The van der Waals surface area contributed by atoms with Gasteiger partial charge >= 0.3 is 0 Å². The zero-order valence-corrected chi connectivity index (χ0v) is 19.2. The fraction of sp³-hybridized carbons (Fsp3) is 0.0741. The third kappa shape index (κ3) is 4.13. The lowest BCUT2D eigenvalue weighted by molar-refractivity contribution is 0.0978. The molecule has 34 heavy (non-hydrogen) atoms. The van der Waals surface area contributed by atoms with Gasteiger partial charge in [0.1, 0.15) is 5.75 Å². The maximum atomic E-state index is 13.1. The van der Waals surface area contributed by atoms with Gasteiger partial charge in [-0.15, -0.1) is 0 Å². The summed E-state index contributed by atoms with van der Waals surface area (Å²) < 4.78 is 33.5. The van der Waals surface area contributed by atoms with Crippen molar-refractivity contribution < 1.29 is 17.9 Å². The van der Waals surface area contributed by atoms with Gasteiger partial charge in [0.05, 0.1) is 17.6 Å². The molecule has 0 atom stereocenters. The van der Waals surface area contributed by atoms with E-state index < -0.39 is 15.9 Å². The number of carbonyl (C=O) groups excluding carboxylic acids is 1. The Morgan fingerprint density at radius 3 is 2.50 bits per heavy atom. The van der Waals surface area contributed by atoms with Crippen LogP contribution < -0.4 is 9.46 Å². The summed E-state index contributed by atoms with van der Waals surface area (Å²) in [7, 11) is -2.63. The molecule has 7 heteroatoms. The lowest BCUT2D eigenvalue weighted by atomic mass is 10.0. The SMILES string of the molecule is COc1ccc(Cc2c[nH]c3ccccc23)cc1C(=O)NS(=O)(=O)c1ccc2ccccc2c1. The van der Waals surface area contributed by atoms with E-state index in [1.165, 1.54) is 13.2 Å². The Balaban J connectivity index is 1.44. The Bertz CT molecular complexity index is 1640. The molecule has 0 aliphatic carbocycles. The largest absolute Gasteiger partial charge is 0.496 e. The number of carbonyl (C=O) groups is 1. The van der Waals surface area contributed by atoms with E-state index in [0.29, 0.717) is 12.2 Å². The quantitative estimate of drug-likeness (QED) is 0.364. The zero-order valence-electron chi connectivity index (χ0n) is 18.4. The monoisotopic (exact) mass is 470 g/mol. The maximum Gasteiger partial charge on any atom is 0.268 e. The molecule has 170 valence electrons. The smallest absolute Gasteiger partial charge is 0.268 e. The molecule has 0 bridgehead atoms. The van der Waals surface area contributed by atoms with Crippen molar-refractivity contribution in [2.45, 2.75) is 11.3 Å². The average Bonchev–Trinajstić information content (AvgIpc) is 3.26. The highest BCUT2D eigenvalue weighted by Gasteiger charge is 2.22. The van der Waals surface area contributed by atoms with E-state index in [2.05, 4.69) is 9.71 Å². The van der Waals surface area contributed by atoms with E-state index in [4.69, 9.17) is 4.74 Å². The van der Waals surface area contributed by atoms with Gasteiger partial charge in [0.25, 0.3) is 15.9 Å². The van der Waals surface area contributed by atoms with Gasteiger partial charge in [0, 0.05) is 17.1 Å². The summed E-state index contributed by atoms with van der Waals surface area (Å²) in [5.41, 5.74) is 3.13. The summed E-state index contributed by atoms with van der Waals surface area (Å²) >= 11 is 0. The van der Waals surface area contributed by atoms with Crippen molar-refractivity contribution in [3.8, 4) is 5.75 Å². The molecule has 5 rings (SSSR count). The van der Waals surface area contributed by atoms with Gasteiger partial charge in [-0.2, -0.15) is 0 Å². The third-order valence-corrected chi connectivity index (χ3v) is 7.16. The molecule has 1 heterocycles. The van der Waals surface area contributed by atoms with Gasteiger partial charge in [-0.25, -0.2) is 13.1 Å². The van der Waals surface area contributed by atoms with Crippen molar-refractivity contribution in [2.24, 2.45) is 0 Å². The highest BCUT2D eigenvalue weighted by atomic mass is 32.2. The Hall–Kier alpha value is -4.10. The number of hydrogen-bond donors (Lipinski definition) is 2. The number of methoxy groups -OCH3 is 1. The summed E-state index contributed by atoms with van der Waals surface area (Å²) in [6.45, 7) is 0. The van der Waals surface area contributed by atoms with Gasteiger partial charge in [-0.3, -0.25) is 4.79 Å². The number of ether oxygens (including phenoxy) is 1. The van der Waals surface area contributed by atoms with E-state index >= 15 is 0 Å². The van der Waals surface area contributed by atoms with Gasteiger partial charge in [-0.05, 0) is 58.7 Å². The van der Waals surface area contributed by atoms with Crippen molar-refractivity contribution in [1.29, 1.82) is 0 Å². The molecule has 0 radical (unpaired) electrons. The second-order valence-corrected chi connectivity index (χ2v) is 9.70. The van der Waals surface area contributed by atoms with Crippen molar-refractivity contribution in [3.63, 3.8) is 0 Å². The molecule has 6 nitrogen and oxygen atoms in total. The van der Waals surface area contributed by atoms with Crippen LogP contribution in [0.5, 0.6) is 5.75 Å². The number of amides is 1. The van der Waals surface area contributed by atoms with Crippen LogP contribution in [0.4, 0.5) is 0 Å². The predicted octanol–water partition coefficient (Wildman–Crippen LogP) is 5.04. The molecular weight excluding hydrogens is 448 g/mol. The van der Waals surface area contributed by atoms with Crippen LogP contribution in [-0.4, -0.2) is 26.4 Å². The van der Waals surface area contributed by atoms with Crippen LogP contribution in [0.25, 0.3) is 21.7 Å². The van der Waals surface area contributed by atoms with Crippen LogP contribution >= 0.6 is 0 Å². The second-order valence-electron chi connectivity index (χ2n) is 8.01. The fourth-order valence-electron chi connectivity index (χ4n) is 4.11. The van der Waals surface area contributed by atoms with Crippen LogP contribution in [0, 0.1) is 0 Å². The molecule has 5 aromatic rings. The number of aromatic nitrogens is 1. The minimum Gasteiger partial charge on any atom is -0.496 e. The molecular formula is C27H22N2O4S. The van der Waals surface area contributed by atoms with E-state index in [1.807, 2.05) is 60.8 Å². The molecule has 4 aromatic carbocycles. The first kappa shape index (κ1) is 21.7. The summed E-state index contributed by atoms with van der Waals surface area (Å²) in [4.78, 5) is 16.3. The second kappa shape index (κ2) is 8.68. The van der Waals surface area contributed by atoms with E-state index in [1.54, 1.807) is 24.3 Å². The van der Waals surface area contributed by atoms with Crippen molar-refractivity contribution in [2.75, 3.05) is 7.11 Å². The fourth-order valence-corrected chi connectivity index (χ4v) is 5.11. The van der Waals surface area contributed by atoms with Gasteiger partial charge in [0.2, 0.25) is 0 Å². The lowest BCUT2D eigenvalue weighted by Crippen LogP contribution is -2.31. The molecule has 2 N–H and O–H groups in total. The minimum atomic E-state index is -4.08. The molecule has 0 aliphatic heterocycles. The molecule has 0 saturated heterocycles. The number of sulfonamides is 1. The van der Waals surface area contributed by atoms with Crippen LogP contribution in [0.1, 0.15) is 21.5 Å². The Morgan fingerprint density at radius 2 is 1.68 bits per heavy atom. The van der Waals surface area contributed by atoms with Gasteiger partial charge in [-0.1, -0.05) is 54.6 Å². The number of H-pyrrole nitrogens is 1. The lowest BCUT2D eigenvalue weighted by Gasteiger charge is -2.12. The van der Waals surface area contributed by atoms with Crippen LogP contribution in [0.15, 0.2) is 96.0 Å². The highest BCUT2D eigenvalue weighted by molar-refractivity contribution is 7.90. The number of rotatable bonds is 6. The maximum absolute atomic E-state index is 13.1. The van der Waals surface area contributed by atoms with Crippen LogP contribution in [0.2, 0.25) is 0 Å². The Labute approximate surface area is 197 Å². The predicted molar refractivity (Wildman–Crippen MR) is 133 cm³/mol. The Morgan fingerprint density at radius 1 is 0.912 bits per heavy atom. The first-order chi connectivity index (χ1) is 16.4. The van der Waals surface area contributed by atoms with E-state index in [-0.39, 0.29) is 10.5 Å². The summed E-state index contributed by atoms with van der Waals surface area (Å²) in [5.74, 6) is -0.445. The Kier molecular flexibility index (Phi) is 5.55. The molecule has 1 aromatic heterocycles. The summed E-state index contributed by atoms with van der Waals surface area (Å²) in [6.07, 6.45) is 2.52. The molecule has 0 spiro atoms. The zero-order chi connectivity index (χ0) is 23.7. The molecule has 1 amide bonds. The number of para-hydroxylation sites is 1. The first-order valence-corrected chi connectivity index (χ1v) is 12.2. The van der Waals surface area contributed by atoms with Crippen molar-refractivity contribution in [3.05, 3.63) is 108 Å². The van der Waals surface area contributed by atoms with Crippen LogP contribution in [-0.2, 0) is 16.4 Å². The molecule has 0 unspecified atom stereocenters. The number of nitrogens with one attached hydrogen (secondary N) is 2. The number of benzene rings is 4. The van der Waals surface area contributed by atoms with Gasteiger partial charge in [0.15, 0.2) is 0 Å².